The normalized spacial score (nSPS) is 28.7. The second-order valence-corrected chi connectivity index (χ2v) is 8.12. The van der Waals surface area contributed by atoms with E-state index in [0.29, 0.717) is 30.6 Å². The fraction of sp³-hybridized carbons (Fsp3) is 0.500. The molecule has 4 aliphatic rings. The van der Waals surface area contributed by atoms with Gasteiger partial charge in [-0.2, -0.15) is 5.10 Å². The summed E-state index contributed by atoms with van der Waals surface area (Å²) >= 11 is 1.33. The second kappa shape index (κ2) is 7.08. The molecule has 7 nitrogen and oxygen atoms in total. The number of carbonyl (C=O) groups excluding carboxylic acids is 2. The maximum absolute atomic E-state index is 12.5. The molecule has 2 unspecified atom stereocenters. The van der Waals surface area contributed by atoms with E-state index in [2.05, 4.69) is 0 Å². The van der Waals surface area contributed by atoms with Crippen LogP contribution >= 0.6 is 11.8 Å². The number of hydrogen-bond donors (Lipinski definition) is 0. The maximum Gasteiger partial charge on any atom is 1.00 e. The smallest absolute Gasteiger partial charge is 0.543 e. The van der Waals surface area contributed by atoms with E-state index in [1.165, 1.54) is 52.6 Å². The van der Waals surface area contributed by atoms with Crippen LogP contribution in [-0.4, -0.2) is 45.6 Å². The maximum atomic E-state index is 12.5. The van der Waals surface area contributed by atoms with Crippen LogP contribution in [0.1, 0.15) is 48.0 Å². The first-order valence-electron chi connectivity index (χ1n) is 8.81. The molecule has 0 aromatic carbocycles. The monoisotopic (exact) mass is 395 g/mol. The van der Waals surface area contributed by atoms with Crippen molar-refractivity contribution in [2.45, 2.75) is 43.0 Å². The number of rotatable bonds is 5. The van der Waals surface area contributed by atoms with Gasteiger partial charge in [-0.1, -0.05) is 0 Å². The number of aliphatic carboxylic acids is 1. The molecule has 0 spiro atoms. The Hall–Kier alpha value is -1.06. The minimum atomic E-state index is -1.31. The van der Waals surface area contributed by atoms with Gasteiger partial charge in [-0.3, -0.25) is 14.4 Å². The van der Waals surface area contributed by atoms with Crippen molar-refractivity contribution >= 4 is 29.7 Å². The third-order valence-electron chi connectivity index (χ3n) is 5.83. The van der Waals surface area contributed by atoms with Gasteiger partial charge in [-0.05, 0) is 36.7 Å². The van der Waals surface area contributed by atoms with Gasteiger partial charge in [0, 0.05) is 24.3 Å². The molecule has 2 aliphatic carbocycles. The van der Waals surface area contributed by atoms with Crippen LogP contribution in [0.3, 0.4) is 0 Å². The summed E-state index contributed by atoms with van der Waals surface area (Å²) in [7, 11) is 1.68. The van der Waals surface area contributed by atoms with E-state index in [-0.39, 0.29) is 46.5 Å². The Morgan fingerprint density at radius 3 is 2.96 bits per heavy atom. The van der Waals surface area contributed by atoms with Gasteiger partial charge >= 0.3 is 29.6 Å². The van der Waals surface area contributed by atoms with E-state index in [9.17, 15) is 14.7 Å². The fourth-order valence-electron chi connectivity index (χ4n) is 4.71. The number of carboxylic acids is 1. The minimum Gasteiger partial charge on any atom is -0.543 e. The molecule has 3 heterocycles. The number of aromatic nitrogens is 2. The molecule has 0 radical (unpaired) electrons. The van der Waals surface area contributed by atoms with E-state index in [1.807, 2.05) is 10.8 Å². The van der Waals surface area contributed by atoms with Gasteiger partial charge in [0.25, 0.3) is 5.91 Å². The van der Waals surface area contributed by atoms with Crippen molar-refractivity contribution in [1.82, 2.24) is 14.7 Å². The zero-order valence-electron chi connectivity index (χ0n) is 15.3. The molecule has 0 N–H and O–H groups in total. The van der Waals surface area contributed by atoms with Crippen molar-refractivity contribution in [2.75, 3.05) is 13.7 Å². The summed E-state index contributed by atoms with van der Waals surface area (Å²) in [6.07, 6.45) is 5.42. The molecule has 3 atom stereocenters. The standard InChI is InChI=1S/C18H19N3O4S.Na/c1-25-5-4-20-15-10-3-2-9(6-10)14(15)12(19-20)7-11-16(22)21-13(18(23)24)8-26-17(11)21;/h7-10,17H,2-6H2,1H3,(H,23,24);/q;+1/p-1/t9?,10?,17-;/m1./s1. The van der Waals surface area contributed by atoms with E-state index in [1.54, 1.807) is 7.11 Å². The first-order valence-corrected chi connectivity index (χ1v) is 9.76. The van der Waals surface area contributed by atoms with Crippen LogP contribution in [0.4, 0.5) is 0 Å². The Bertz CT molecular complexity index is 893. The molecular weight excluding hydrogens is 377 g/mol. The molecule has 1 aromatic rings. The predicted molar refractivity (Wildman–Crippen MR) is 92.7 cm³/mol. The zero-order valence-corrected chi connectivity index (χ0v) is 18.1. The van der Waals surface area contributed by atoms with Crippen LogP contribution < -0.4 is 34.7 Å². The molecule has 2 fully saturated rings. The first-order chi connectivity index (χ1) is 12.6. The van der Waals surface area contributed by atoms with Crippen LogP contribution in [0.2, 0.25) is 0 Å². The van der Waals surface area contributed by atoms with E-state index in [4.69, 9.17) is 9.84 Å². The summed E-state index contributed by atoms with van der Waals surface area (Å²) in [4.78, 5) is 24.9. The van der Waals surface area contributed by atoms with Gasteiger partial charge in [0.1, 0.15) is 5.37 Å². The molecule has 1 aromatic heterocycles. The molecule has 1 saturated heterocycles. The average Bonchev–Trinajstić information content (AvgIpc) is 3.37. The van der Waals surface area contributed by atoms with Crippen LogP contribution in [0.15, 0.2) is 16.7 Å². The summed E-state index contributed by atoms with van der Waals surface area (Å²) in [5.74, 6) is -0.488. The molecule has 1 saturated carbocycles. The number of hydrogen-bond acceptors (Lipinski definition) is 6. The van der Waals surface area contributed by atoms with Gasteiger partial charge < -0.3 is 14.6 Å². The third kappa shape index (κ3) is 2.76. The van der Waals surface area contributed by atoms with Gasteiger partial charge in [0.05, 0.1) is 36.1 Å². The number of amides is 1. The summed E-state index contributed by atoms with van der Waals surface area (Å²) in [6, 6.07) is 0. The number of β-lactam (4-membered cyclic amide) rings is 1. The molecule has 5 rings (SSSR count). The van der Waals surface area contributed by atoms with Crippen molar-refractivity contribution in [1.29, 1.82) is 0 Å². The summed E-state index contributed by atoms with van der Waals surface area (Å²) in [6.45, 7) is 1.31. The number of thioether (sulfide) groups is 1. The molecule has 27 heavy (non-hydrogen) atoms. The van der Waals surface area contributed by atoms with E-state index < -0.39 is 5.97 Å². The molecule has 9 heteroatoms. The summed E-state index contributed by atoms with van der Waals surface area (Å²) in [5, 5.41) is 17.1. The second-order valence-electron chi connectivity index (χ2n) is 7.16. The fourth-order valence-corrected chi connectivity index (χ4v) is 5.82. The minimum absolute atomic E-state index is 0. The van der Waals surface area contributed by atoms with Gasteiger partial charge in [-0.25, -0.2) is 0 Å². The van der Waals surface area contributed by atoms with Crippen LogP contribution in [0.25, 0.3) is 6.08 Å². The Kier molecular flexibility index (Phi) is 5.05. The number of fused-ring (bicyclic) bond motifs is 6. The summed E-state index contributed by atoms with van der Waals surface area (Å²) in [5.41, 5.74) is 4.03. The molecule has 2 aliphatic heterocycles. The number of carboxylic acid groups (broad SMARTS) is 1. The number of methoxy groups -OCH3 is 1. The predicted octanol–water partition coefficient (Wildman–Crippen LogP) is -2.21. The topological polar surface area (TPSA) is 87.5 Å². The molecule has 1 amide bonds. The zero-order chi connectivity index (χ0) is 18.0. The Balaban J connectivity index is 0.00000180. The number of ether oxygens (including phenoxy) is 1. The number of nitrogens with zero attached hydrogens (tertiary/aromatic N) is 3. The average molecular weight is 395 g/mol. The van der Waals surface area contributed by atoms with Crippen LogP contribution in [0, 0.1) is 0 Å². The third-order valence-corrected chi connectivity index (χ3v) is 6.91. The van der Waals surface area contributed by atoms with Crippen LogP contribution in [-0.2, 0) is 20.9 Å². The van der Waals surface area contributed by atoms with Crippen molar-refractivity contribution in [2.24, 2.45) is 0 Å². The Morgan fingerprint density at radius 1 is 1.44 bits per heavy atom. The Morgan fingerprint density at radius 2 is 2.22 bits per heavy atom. The first kappa shape index (κ1) is 19.3. The van der Waals surface area contributed by atoms with Crippen molar-refractivity contribution < 1.29 is 49.0 Å². The quantitative estimate of drug-likeness (QED) is 0.319. The molecular formula is C18H18N3NaO4S. The summed E-state index contributed by atoms with van der Waals surface area (Å²) < 4.78 is 7.25. The van der Waals surface area contributed by atoms with Gasteiger partial charge in [0.2, 0.25) is 0 Å². The number of carbonyl (C=O) groups is 2. The SMILES string of the molecule is COCCn1nc(C=C2C(=O)N3C(C(=O)[O-])=CS[C@H]23)c2c1C1CCC2C1.[Na+]. The van der Waals surface area contributed by atoms with E-state index >= 15 is 0 Å². The largest absolute Gasteiger partial charge is 1.00 e. The van der Waals surface area contributed by atoms with Crippen molar-refractivity contribution in [3.05, 3.63) is 33.6 Å². The van der Waals surface area contributed by atoms with Crippen LogP contribution in [0.5, 0.6) is 0 Å². The van der Waals surface area contributed by atoms with Crippen molar-refractivity contribution in [3.63, 3.8) is 0 Å². The van der Waals surface area contributed by atoms with Gasteiger partial charge in [-0.15, -0.1) is 11.8 Å². The Labute approximate surface area is 183 Å². The van der Waals surface area contributed by atoms with Gasteiger partial charge in [0.15, 0.2) is 0 Å². The molecule has 136 valence electrons. The molecule has 2 bridgehead atoms. The van der Waals surface area contributed by atoms with Crippen molar-refractivity contribution in [3.8, 4) is 0 Å². The van der Waals surface area contributed by atoms with E-state index in [0.717, 1.165) is 5.69 Å².